The van der Waals surface area contributed by atoms with E-state index in [4.69, 9.17) is 9.47 Å². The first kappa shape index (κ1) is 18.2. The van der Waals surface area contributed by atoms with Gasteiger partial charge in [0.1, 0.15) is 0 Å². The molecule has 0 aromatic rings. The van der Waals surface area contributed by atoms with Crippen LogP contribution in [-0.2, 0) is 9.47 Å². The van der Waals surface area contributed by atoms with E-state index < -0.39 is 0 Å². The van der Waals surface area contributed by atoms with Crippen molar-refractivity contribution in [2.75, 3.05) is 26.3 Å². The largest absolute Gasteiger partial charge is 0.339 e. The van der Waals surface area contributed by atoms with Gasteiger partial charge in [-0.2, -0.15) is 0 Å². The lowest BCUT2D eigenvalue weighted by atomic mass is 9.91. The average Bonchev–Trinajstić information content (AvgIpc) is 2.57. The SMILES string of the molecule is CCCCCC1CCN(C2OCC(CCCCC)CO2)CC1. The summed E-state index contributed by atoms with van der Waals surface area (Å²) in [5.41, 5.74) is 0. The first-order valence-electron chi connectivity index (χ1n) is 9.80. The Labute approximate surface area is 137 Å². The highest BCUT2D eigenvalue weighted by atomic mass is 16.7. The number of hydrogen-bond acceptors (Lipinski definition) is 3. The van der Waals surface area contributed by atoms with Crippen LogP contribution in [0, 0.1) is 11.8 Å². The Balaban J connectivity index is 1.58. The Kier molecular flexibility index (Phi) is 8.79. The van der Waals surface area contributed by atoms with Crippen molar-refractivity contribution in [1.82, 2.24) is 4.90 Å². The van der Waals surface area contributed by atoms with Gasteiger partial charge in [0.05, 0.1) is 13.2 Å². The van der Waals surface area contributed by atoms with Crippen LogP contribution >= 0.6 is 0 Å². The van der Waals surface area contributed by atoms with E-state index in [2.05, 4.69) is 18.7 Å². The number of ether oxygens (including phenoxy) is 2. The highest BCUT2D eigenvalue weighted by Crippen LogP contribution is 2.26. The molecule has 2 rings (SSSR count). The fourth-order valence-corrected chi connectivity index (χ4v) is 3.73. The number of nitrogens with zero attached hydrogens (tertiary/aromatic N) is 1. The molecule has 0 saturated carbocycles. The van der Waals surface area contributed by atoms with Gasteiger partial charge >= 0.3 is 0 Å². The molecule has 0 radical (unpaired) electrons. The molecule has 0 spiro atoms. The molecule has 2 fully saturated rings. The second-order valence-corrected chi connectivity index (χ2v) is 7.31. The standard InChI is InChI=1S/C19H37NO2/c1-3-5-7-9-17-11-13-20(14-12-17)19-21-15-18(16-22-19)10-8-6-4-2/h17-19H,3-16H2,1-2H3. The first-order chi connectivity index (χ1) is 10.8. The van der Waals surface area contributed by atoms with Crippen molar-refractivity contribution in [2.45, 2.75) is 84.5 Å². The van der Waals surface area contributed by atoms with Crippen LogP contribution < -0.4 is 0 Å². The molecule has 2 saturated heterocycles. The van der Waals surface area contributed by atoms with Gasteiger partial charge in [-0.3, -0.25) is 4.90 Å². The van der Waals surface area contributed by atoms with Gasteiger partial charge in [-0.15, -0.1) is 0 Å². The van der Waals surface area contributed by atoms with Gasteiger partial charge in [-0.05, 0) is 25.2 Å². The number of rotatable bonds is 9. The molecule has 0 aliphatic carbocycles. The minimum absolute atomic E-state index is 0.0565. The van der Waals surface area contributed by atoms with Crippen LogP contribution in [-0.4, -0.2) is 37.6 Å². The summed E-state index contributed by atoms with van der Waals surface area (Å²) in [4.78, 5) is 2.42. The van der Waals surface area contributed by atoms with Crippen molar-refractivity contribution in [1.29, 1.82) is 0 Å². The molecule has 0 aromatic carbocycles. The summed E-state index contributed by atoms with van der Waals surface area (Å²) in [6.07, 6.45) is 13.4. The number of piperidine rings is 1. The quantitative estimate of drug-likeness (QED) is 0.571. The maximum atomic E-state index is 6.00. The van der Waals surface area contributed by atoms with Crippen LogP contribution in [0.3, 0.4) is 0 Å². The summed E-state index contributed by atoms with van der Waals surface area (Å²) in [5, 5.41) is 0. The molecule has 2 heterocycles. The molecule has 0 aromatic heterocycles. The van der Waals surface area contributed by atoms with Gasteiger partial charge in [-0.1, -0.05) is 58.8 Å². The first-order valence-corrected chi connectivity index (χ1v) is 9.80. The fraction of sp³-hybridized carbons (Fsp3) is 1.00. The van der Waals surface area contributed by atoms with Crippen molar-refractivity contribution in [3.8, 4) is 0 Å². The molecule has 130 valence electrons. The predicted molar refractivity (Wildman–Crippen MR) is 91.8 cm³/mol. The molecule has 0 N–H and O–H groups in total. The third-order valence-corrected chi connectivity index (χ3v) is 5.33. The van der Waals surface area contributed by atoms with Crippen molar-refractivity contribution >= 4 is 0 Å². The third-order valence-electron chi connectivity index (χ3n) is 5.33. The highest BCUT2D eigenvalue weighted by molar-refractivity contribution is 4.74. The second kappa shape index (κ2) is 10.6. The van der Waals surface area contributed by atoms with E-state index in [1.165, 1.54) is 64.2 Å². The second-order valence-electron chi connectivity index (χ2n) is 7.31. The van der Waals surface area contributed by atoms with E-state index in [1.54, 1.807) is 0 Å². The molecule has 2 aliphatic rings. The zero-order chi connectivity index (χ0) is 15.6. The van der Waals surface area contributed by atoms with E-state index >= 15 is 0 Å². The van der Waals surface area contributed by atoms with Crippen molar-refractivity contribution in [3.05, 3.63) is 0 Å². The van der Waals surface area contributed by atoms with Crippen LogP contribution in [0.4, 0.5) is 0 Å². The van der Waals surface area contributed by atoms with E-state index in [0.717, 1.165) is 32.2 Å². The number of likely N-dealkylation sites (tertiary alicyclic amines) is 1. The zero-order valence-electron chi connectivity index (χ0n) is 14.9. The summed E-state index contributed by atoms with van der Waals surface area (Å²) < 4.78 is 12.0. The van der Waals surface area contributed by atoms with E-state index in [9.17, 15) is 0 Å². The Morgan fingerprint density at radius 2 is 1.32 bits per heavy atom. The molecule has 0 unspecified atom stereocenters. The normalized spacial score (nSPS) is 28.1. The Morgan fingerprint density at radius 1 is 0.773 bits per heavy atom. The molecule has 22 heavy (non-hydrogen) atoms. The van der Waals surface area contributed by atoms with Gasteiger partial charge in [0, 0.05) is 19.0 Å². The van der Waals surface area contributed by atoms with Crippen LogP contribution in [0.1, 0.15) is 78.1 Å². The van der Waals surface area contributed by atoms with Crippen molar-refractivity contribution in [2.24, 2.45) is 11.8 Å². The molecule has 0 atom stereocenters. The lowest BCUT2D eigenvalue weighted by molar-refractivity contribution is -0.272. The smallest absolute Gasteiger partial charge is 0.218 e. The maximum Gasteiger partial charge on any atom is 0.218 e. The minimum Gasteiger partial charge on any atom is -0.339 e. The molecular weight excluding hydrogens is 274 g/mol. The summed E-state index contributed by atoms with van der Waals surface area (Å²) in [6, 6.07) is 0. The molecule has 0 bridgehead atoms. The fourth-order valence-electron chi connectivity index (χ4n) is 3.73. The highest BCUT2D eigenvalue weighted by Gasteiger charge is 2.30. The van der Waals surface area contributed by atoms with Gasteiger partial charge in [-0.25, -0.2) is 0 Å². The van der Waals surface area contributed by atoms with E-state index in [-0.39, 0.29) is 6.41 Å². The summed E-state index contributed by atoms with van der Waals surface area (Å²) in [7, 11) is 0. The zero-order valence-corrected chi connectivity index (χ0v) is 14.9. The number of hydrogen-bond donors (Lipinski definition) is 0. The van der Waals surface area contributed by atoms with Crippen LogP contribution in [0.2, 0.25) is 0 Å². The van der Waals surface area contributed by atoms with E-state index in [0.29, 0.717) is 5.92 Å². The van der Waals surface area contributed by atoms with E-state index in [1.807, 2.05) is 0 Å². The van der Waals surface area contributed by atoms with Crippen LogP contribution in [0.15, 0.2) is 0 Å². The lowest BCUT2D eigenvalue weighted by Crippen LogP contribution is -2.48. The average molecular weight is 312 g/mol. The van der Waals surface area contributed by atoms with Gasteiger partial charge < -0.3 is 9.47 Å². The van der Waals surface area contributed by atoms with Crippen molar-refractivity contribution < 1.29 is 9.47 Å². The molecule has 3 nitrogen and oxygen atoms in total. The Bertz CT molecular complexity index is 241. The summed E-state index contributed by atoms with van der Waals surface area (Å²) >= 11 is 0. The third kappa shape index (κ3) is 6.17. The molecule has 3 heteroatoms. The molecule has 2 aliphatic heterocycles. The lowest BCUT2D eigenvalue weighted by Gasteiger charge is -2.40. The van der Waals surface area contributed by atoms with Gasteiger partial charge in [0.25, 0.3) is 0 Å². The minimum atomic E-state index is -0.0565. The Morgan fingerprint density at radius 3 is 1.86 bits per heavy atom. The Hall–Kier alpha value is -0.120. The molecule has 0 amide bonds. The van der Waals surface area contributed by atoms with Crippen LogP contribution in [0.25, 0.3) is 0 Å². The summed E-state index contributed by atoms with van der Waals surface area (Å²) in [5.74, 6) is 1.56. The van der Waals surface area contributed by atoms with Gasteiger partial charge in [0.15, 0.2) is 0 Å². The monoisotopic (exact) mass is 311 g/mol. The topological polar surface area (TPSA) is 21.7 Å². The summed E-state index contributed by atoms with van der Waals surface area (Å²) in [6.45, 7) is 8.64. The maximum absolute atomic E-state index is 6.00. The van der Waals surface area contributed by atoms with Gasteiger partial charge in [0.2, 0.25) is 6.41 Å². The molecular formula is C19H37NO2. The van der Waals surface area contributed by atoms with Crippen LogP contribution in [0.5, 0.6) is 0 Å². The van der Waals surface area contributed by atoms with Crippen molar-refractivity contribution in [3.63, 3.8) is 0 Å². The predicted octanol–water partition coefficient (Wildman–Crippen LogP) is 4.81. The number of unbranched alkanes of at least 4 members (excludes halogenated alkanes) is 4.